The molecule has 22 heavy (non-hydrogen) atoms. The number of anilines is 1. The van der Waals surface area contributed by atoms with Gasteiger partial charge >= 0.3 is 0 Å². The van der Waals surface area contributed by atoms with Gasteiger partial charge in [0, 0.05) is 11.6 Å². The van der Waals surface area contributed by atoms with Crippen molar-refractivity contribution in [1.29, 1.82) is 0 Å². The molecule has 0 saturated heterocycles. The van der Waals surface area contributed by atoms with Crippen molar-refractivity contribution in [3.63, 3.8) is 0 Å². The average molecular weight is 327 g/mol. The number of halogens is 1. The maximum absolute atomic E-state index is 12.3. The van der Waals surface area contributed by atoms with Crippen molar-refractivity contribution >= 4 is 24.0 Å². The molecule has 1 amide bonds. The number of hydrogen-bond acceptors (Lipinski definition) is 3. The molecule has 1 fully saturated rings. The second kappa shape index (κ2) is 9.01. The highest BCUT2D eigenvalue weighted by Gasteiger charge is 2.31. The molecule has 0 radical (unpaired) electrons. The first-order valence-electron chi connectivity index (χ1n) is 7.91. The summed E-state index contributed by atoms with van der Waals surface area (Å²) in [5.74, 6) is 1.32. The number of hydrogen-bond donors (Lipinski definition) is 2. The van der Waals surface area contributed by atoms with E-state index < -0.39 is 0 Å². The van der Waals surface area contributed by atoms with Gasteiger partial charge in [0.2, 0.25) is 5.91 Å². The molecule has 2 rings (SSSR count). The molecule has 0 bridgehead atoms. The Morgan fingerprint density at radius 2 is 2.05 bits per heavy atom. The number of nitrogens with two attached hydrogens (primary N) is 1. The fraction of sp³-hybridized carbons (Fsp3) is 0.588. The van der Waals surface area contributed by atoms with Crippen LogP contribution in [0.1, 0.15) is 39.5 Å². The highest BCUT2D eigenvalue weighted by Crippen LogP contribution is 2.32. The highest BCUT2D eigenvalue weighted by atomic mass is 35.5. The van der Waals surface area contributed by atoms with Gasteiger partial charge in [0.15, 0.2) is 0 Å². The van der Waals surface area contributed by atoms with E-state index in [-0.39, 0.29) is 30.3 Å². The van der Waals surface area contributed by atoms with E-state index in [1.807, 2.05) is 31.2 Å². The summed E-state index contributed by atoms with van der Waals surface area (Å²) in [6.45, 7) is 4.73. The van der Waals surface area contributed by atoms with E-state index in [0.29, 0.717) is 12.5 Å². The van der Waals surface area contributed by atoms with Crippen LogP contribution in [-0.4, -0.2) is 18.6 Å². The Bertz CT molecular complexity index is 464. The average Bonchev–Trinajstić information content (AvgIpc) is 2.97. The van der Waals surface area contributed by atoms with E-state index in [2.05, 4.69) is 12.2 Å². The quantitative estimate of drug-likeness (QED) is 0.839. The van der Waals surface area contributed by atoms with Gasteiger partial charge in [-0.3, -0.25) is 4.79 Å². The number of benzene rings is 1. The monoisotopic (exact) mass is 326 g/mol. The van der Waals surface area contributed by atoms with E-state index in [1.54, 1.807) is 0 Å². The molecule has 1 unspecified atom stereocenters. The third-order valence-corrected chi connectivity index (χ3v) is 4.33. The van der Waals surface area contributed by atoms with Crippen LogP contribution in [0.4, 0.5) is 5.69 Å². The summed E-state index contributed by atoms with van der Waals surface area (Å²) < 4.78 is 5.73. The molecule has 1 aromatic carbocycles. The molecule has 1 aliphatic rings. The number of carbonyl (C=O) groups is 1. The Morgan fingerprint density at radius 3 is 2.64 bits per heavy atom. The van der Waals surface area contributed by atoms with Crippen LogP contribution in [-0.2, 0) is 4.79 Å². The molecule has 0 heterocycles. The number of nitrogens with one attached hydrogen (secondary N) is 1. The molecule has 4 nitrogen and oxygen atoms in total. The summed E-state index contributed by atoms with van der Waals surface area (Å²) in [6, 6.07) is 7.58. The summed E-state index contributed by atoms with van der Waals surface area (Å²) in [7, 11) is 0. The SMILES string of the molecule is CCC(C)Oc1ccc(NC(=O)[C@@H]2CCC[C@@H]2CN)cc1.Cl. The first kappa shape index (κ1) is 18.8. The Balaban J connectivity index is 0.00000242. The van der Waals surface area contributed by atoms with Gasteiger partial charge in [-0.25, -0.2) is 0 Å². The topological polar surface area (TPSA) is 64.3 Å². The number of ether oxygens (including phenoxy) is 1. The van der Waals surface area contributed by atoms with Crippen LogP contribution in [0.15, 0.2) is 24.3 Å². The minimum absolute atomic E-state index is 0. The zero-order chi connectivity index (χ0) is 15.2. The van der Waals surface area contributed by atoms with Crippen molar-refractivity contribution in [3.8, 4) is 5.75 Å². The van der Waals surface area contributed by atoms with Crippen molar-refractivity contribution in [2.45, 2.75) is 45.6 Å². The molecule has 1 aliphatic carbocycles. The third-order valence-electron chi connectivity index (χ3n) is 4.33. The van der Waals surface area contributed by atoms with Crippen molar-refractivity contribution in [1.82, 2.24) is 0 Å². The van der Waals surface area contributed by atoms with Crippen LogP contribution in [0.25, 0.3) is 0 Å². The Kier molecular flexibility index (Phi) is 7.69. The van der Waals surface area contributed by atoms with Gasteiger partial charge in [0.1, 0.15) is 5.75 Å². The van der Waals surface area contributed by atoms with Crippen molar-refractivity contribution in [2.24, 2.45) is 17.6 Å². The van der Waals surface area contributed by atoms with Crippen LogP contribution >= 0.6 is 12.4 Å². The number of amides is 1. The number of rotatable bonds is 6. The molecule has 5 heteroatoms. The van der Waals surface area contributed by atoms with Crippen LogP contribution in [0.3, 0.4) is 0 Å². The highest BCUT2D eigenvalue weighted by molar-refractivity contribution is 5.93. The largest absolute Gasteiger partial charge is 0.491 e. The van der Waals surface area contributed by atoms with Crippen LogP contribution in [0, 0.1) is 11.8 Å². The summed E-state index contributed by atoms with van der Waals surface area (Å²) in [5.41, 5.74) is 6.56. The predicted molar refractivity (Wildman–Crippen MR) is 92.6 cm³/mol. The van der Waals surface area contributed by atoms with Crippen molar-refractivity contribution in [3.05, 3.63) is 24.3 Å². The summed E-state index contributed by atoms with van der Waals surface area (Å²) in [4.78, 5) is 12.3. The van der Waals surface area contributed by atoms with Gasteiger partial charge in [-0.2, -0.15) is 0 Å². The van der Waals surface area contributed by atoms with E-state index in [1.165, 1.54) is 0 Å². The second-order valence-electron chi connectivity index (χ2n) is 5.88. The van der Waals surface area contributed by atoms with Gasteiger partial charge in [-0.1, -0.05) is 13.3 Å². The summed E-state index contributed by atoms with van der Waals surface area (Å²) >= 11 is 0. The maximum Gasteiger partial charge on any atom is 0.227 e. The fourth-order valence-corrected chi connectivity index (χ4v) is 2.83. The normalized spacial score (nSPS) is 21.8. The van der Waals surface area contributed by atoms with E-state index in [4.69, 9.17) is 10.5 Å². The van der Waals surface area contributed by atoms with Gasteiger partial charge in [-0.15, -0.1) is 12.4 Å². The molecule has 3 atom stereocenters. The minimum Gasteiger partial charge on any atom is -0.491 e. The fourth-order valence-electron chi connectivity index (χ4n) is 2.83. The zero-order valence-electron chi connectivity index (χ0n) is 13.4. The maximum atomic E-state index is 12.3. The first-order chi connectivity index (χ1) is 10.1. The molecule has 124 valence electrons. The molecule has 1 saturated carbocycles. The lowest BCUT2D eigenvalue weighted by Gasteiger charge is -2.18. The summed E-state index contributed by atoms with van der Waals surface area (Å²) in [5, 5.41) is 2.99. The standard InChI is InChI=1S/C17H26N2O2.ClH/c1-3-12(2)21-15-9-7-14(8-10-15)19-17(20)16-6-4-5-13(16)11-18;/h7-10,12-13,16H,3-6,11,18H2,1-2H3,(H,19,20);1H/t12?,13-,16-;/m1./s1. The van der Waals surface area contributed by atoms with E-state index in [9.17, 15) is 4.79 Å². The van der Waals surface area contributed by atoms with Gasteiger partial charge in [0.25, 0.3) is 0 Å². The van der Waals surface area contributed by atoms with E-state index >= 15 is 0 Å². The third kappa shape index (κ3) is 4.89. The predicted octanol–water partition coefficient (Wildman–Crippen LogP) is 3.60. The Morgan fingerprint density at radius 1 is 1.36 bits per heavy atom. The molecular weight excluding hydrogens is 300 g/mol. The smallest absolute Gasteiger partial charge is 0.227 e. The molecule has 3 N–H and O–H groups in total. The summed E-state index contributed by atoms with van der Waals surface area (Å²) in [6.07, 6.45) is 4.29. The minimum atomic E-state index is 0. The van der Waals surface area contributed by atoms with Crippen LogP contribution < -0.4 is 15.8 Å². The lowest BCUT2D eigenvalue weighted by Crippen LogP contribution is -2.29. The second-order valence-corrected chi connectivity index (χ2v) is 5.88. The van der Waals surface area contributed by atoms with Gasteiger partial charge < -0.3 is 15.8 Å². The van der Waals surface area contributed by atoms with Crippen molar-refractivity contribution in [2.75, 3.05) is 11.9 Å². The lowest BCUT2D eigenvalue weighted by molar-refractivity contribution is -0.120. The van der Waals surface area contributed by atoms with Gasteiger partial charge in [-0.05, 0) is 62.9 Å². The molecule has 0 aromatic heterocycles. The zero-order valence-corrected chi connectivity index (χ0v) is 14.2. The lowest BCUT2D eigenvalue weighted by atomic mass is 9.95. The Labute approximate surface area is 139 Å². The first-order valence-corrected chi connectivity index (χ1v) is 7.91. The molecule has 0 spiro atoms. The van der Waals surface area contributed by atoms with Crippen LogP contribution in [0.5, 0.6) is 5.75 Å². The van der Waals surface area contributed by atoms with Gasteiger partial charge in [0.05, 0.1) is 6.10 Å². The molecule has 1 aromatic rings. The number of carbonyl (C=O) groups excluding carboxylic acids is 1. The van der Waals surface area contributed by atoms with E-state index in [0.717, 1.165) is 37.1 Å². The molecule has 0 aliphatic heterocycles. The van der Waals surface area contributed by atoms with Crippen molar-refractivity contribution < 1.29 is 9.53 Å². The molecular formula is C17H27ClN2O2. The Hall–Kier alpha value is -1.26. The van der Waals surface area contributed by atoms with Crippen LogP contribution in [0.2, 0.25) is 0 Å².